The zero-order valence-corrected chi connectivity index (χ0v) is 48.5. The molecule has 6 heteroatoms. The number of hydrogen-bond donors (Lipinski definition) is 0. The lowest BCUT2D eigenvalue weighted by Crippen LogP contribution is -2.30. The molecule has 0 radical (unpaired) electrons. The van der Waals surface area contributed by atoms with Crippen molar-refractivity contribution in [3.63, 3.8) is 0 Å². The highest BCUT2D eigenvalue weighted by Gasteiger charge is 2.19. The van der Waals surface area contributed by atoms with E-state index in [1.54, 1.807) is 0 Å². The Morgan fingerprint density at radius 2 is 0.520 bits per heavy atom. The summed E-state index contributed by atoms with van der Waals surface area (Å²) in [7, 11) is 0. The molecule has 1 unspecified atom stereocenters. The van der Waals surface area contributed by atoms with Crippen LogP contribution in [0.2, 0.25) is 0 Å². The van der Waals surface area contributed by atoms with Crippen molar-refractivity contribution in [3.8, 4) is 0 Å². The lowest BCUT2D eigenvalue weighted by molar-refractivity contribution is -0.167. The number of ether oxygens (including phenoxy) is 3. The number of carbonyl (C=O) groups excluding carboxylic acids is 3. The summed E-state index contributed by atoms with van der Waals surface area (Å²) in [6.45, 7) is 6.37. The molecule has 75 heavy (non-hydrogen) atoms. The van der Waals surface area contributed by atoms with Gasteiger partial charge in [-0.15, -0.1) is 0 Å². The second-order valence-electron chi connectivity index (χ2n) is 19.9. The smallest absolute Gasteiger partial charge is 0.306 e. The number of hydrogen-bond acceptors (Lipinski definition) is 6. The van der Waals surface area contributed by atoms with E-state index in [0.29, 0.717) is 19.3 Å². The van der Waals surface area contributed by atoms with Crippen molar-refractivity contribution < 1.29 is 28.6 Å². The highest BCUT2D eigenvalue weighted by molar-refractivity contribution is 5.71. The summed E-state index contributed by atoms with van der Waals surface area (Å²) < 4.78 is 16.8. The summed E-state index contributed by atoms with van der Waals surface area (Å²) in [4.78, 5) is 38.1. The first-order valence-electron chi connectivity index (χ1n) is 30.7. The zero-order valence-electron chi connectivity index (χ0n) is 48.5. The Bertz CT molecular complexity index is 1620. The van der Waals surface area contributed by atoms with Crippen LogP contribution in [0.25, 0.3) is 0 Å². The third kappa shape index (κ3) is 60.3. The first-order chi connectivity index (χ1) is 37.0. The molecule has 0 spiro atoms. The van der Waals surface area contributed by atoms with Gasteiger partial charge in [-0.05, 0) is 116 Å². The molecule has 0 aromatic heterocycles. The van der Waals surface area contributed by atoms with Gasteiger partial charge < -0.3 is 14.2 Å². The van der Waals surface area contributed by atoms with Gasteiger partial charge in [0.25, 0.3) is 0 Å². The van der Waals surface area contributed by atoms with Crippen LogP contribution in [0.1, 0.15) is 265 Å². The van der Waals surface area contributed by atoms with Crippen LogP contribution < -0.4 is 0 Å². The van der Waals surface area contributed by atoms with Crippen LogP contribution in [0.15, 0.2) is 134 Å². The maximum Gasteiger partial charge on any atom is 0.306 e. The van der Waals surface area contributed by atoms with Crippen molar-refractivity contribution in [3.05, 3.63) is 134 Å². The highest BCUT2D eigenvalue weighted by atomic mass is 16.6. The summed E-state index contributed by atoms with van der Waals surface area (Å²) in [6.07, 6.45) is 87.4. The molecule has 0 rings (SSSR count). The molecular weight excluding hydrogens is 925 g/mol. The molecule has 0 aliphatic rings. The highest BCUT2D eigenvalue weighted by Crippen LogP contribution is 2.15. The van der Waals surface area contributed by atoms with E-state index in [1.165, 1.54) is 77.0 Å². The molecule has 0 saturated heterocycles. The summed E-state index contributed by atoms with van der Waals surface area (Å²) in [5, 5.41) is 0. The van der Waals surface area contributed by atoms with Crippen molar-refractivity contribution in [1.29, 1.82) is 0 Å². The first kappa shape index (κ1) is 70.5. The fourth-order valence-electron chi connectivity index (χ4n) is 8.12. The van der Waals surface area contributed by atoms with Gasteiger partial charge in [-0.25, -0.2) is 0 Å². The molecule has 1 atom stereocenters. The fourth-order valence-corrected chi connectivity index (χ4v) is 8.12. The lowest BCUT2D eigenvalue weighted by Gasteiger charge is -2.18. The van der Waals surface area contributed by atoms with Crippen molar-refractivity contribution in [2.45, 2.75) is 271 Å². The molecule has 0 aliphatic heterocycles. The topological polar surface area (TPSA) is 78.9 Å². The third-order valence-corrected chi connectivity index (χ3v) is 12.7. The van der Waals surface area contributed by atoms with E-state index in [4.69, 9.17) is 14.2 Å². The fraction of sp³-hybridized carbons (Fsp3) is 0.638. The number of rotatable bonds is 54. The summed E-state index contributed by atoms with van der Waals surface area (Å²) in [5.74, 6) is -0.918. The van der Waals surface area contributed by atoms with E-state index in [1.807, 2.05) is 0 Å². The molecule has 424 valence electrons. The summed E-state index contributed by atoms with van der Waals surface area (Å²) in [6, 6.07) is 0. The average molecular weight is 1040 g/mol. The van der Waals surface area contributed by atoms with Crippen molar-refractivity contribution in [2.75, 3.05) is 13.2 Å². The number of allylic oxidation sites excluding steroid dienone is 22. The molecule has 0 heterocycles. The maximum absolute atomic E-state index is 12.8. The Morgan fingerprint density at radius 3 is 0.813 bits per heavy atom. The SMILES string of the molecule is CC/C=C\C/C=C\C/C=C\C/C=C\C/C=C\C/C=C\C/C=C\C/C=C\CCCCCCCCC(=O)OCC(COC(=O)CCCCCCCCCCC)OC(=O)CCCCCCCCC/C=C\C/C=C\C/C=C\CC. The number of carbonyl (C=O) groups is 3. The molecular formula is C69H112O6. The van der Waals surface area contributed by atoms with Crippen LogP contribution in [0.5, 0.6) is 0 Å². The molecule has 0 amide bonds. The van der Waals surface area contributed by atoms with Crippen molar-refractivity contribution in [1.82, 2.24) is 0 Å². The van der Waals surface area contributed by atoms with Gasteiger partial charge >= 0.3 is 17.9 Å². The molecule has 0 aliphatic carbocycles. The van der Waals surface area contributed by atoms with Crippen LogP contribution in [0.4, 0.5) is 0 Å². The second kappa shape index (κ2) is 62.1. The van der Waals surface area contributed by atoms with E-state index < -0.39 is 6.10 Å². The van der Waals surface area contributed by atoms with Gasteiger partial charge in [0.2, 0.25) is 0 Å². The number of unbranched alkanes of at least 4 members (excludes halogenated alkanes) is 21. The predicted molar refractivity (Wildman–Crippen MR) is 325 cm³/mol. The van der Waals surface area contributed by atoms with Crippen LogP contribution in [0, 0.1) is 0 Å². The second-order valence-corrected chi connectivity index (χ2v) is 19.9. The van der Waals surface area contributed by atoms with Gasteiger partial charge in [0.15, 0.2) is 6.10 Å². The van der Waals surface area contributed by atoms with Gasteiger partial charge in [-0.1, -0.05) is 264 Å². The standard InChI is InChI=1S/C69H112O6/c1-4-7-10-13-16-19-21-23-25-27-28-29-30-31-32-33-34-35-36-37-38-39-40-42-43-45-47-50-53-56-59-62-68(71)74-65-66(64-73-67(70)61-58-55-52-49-18-15-12-9-6-3)75-69(72)63-60-57-54-51-48-46-44-41-26-24-22-20-17-14-11-8-5-2/h7-8,10-11,16-17,19-20,23-26,28-29,31-32,34-35,37-38,40,42,66H,4-6,9,12-15,18,21-22,27,30,33,36,39,41,43-65H2,1-3H3/b10-7-,11-8-,19-16-,20-17-,25-23-,26-24-,29-28-,32-31-,35-34-,38-37-,42-40-. The van der Waals surface area contributed by atoms with Gasteiger partial charge in [0.1, 0.15) is 13.2 Å². The lowest BCUT2D eigenvalue weighted by atomic mass is 10.1. The van der Waals surface area contributed by atoms with E-state index in [9.17, 15) is 14.4 Å². The van der Waals surface area contributed by atoms with E-state index in [0.717, 1.165) is 148 Å². The summed E-state index contributed by atoms with van der Waals surface area (Å²) in [5.41, 5.74) is 0. The molecule has 0 fully saturated rings. The normalized spacial score (nSPS) is 13.1. The largest absolute Gasteiger partial charge is 0.462 e. The molecule has 0 bridgehead atoms. The van der Waals surface area contributed by atoms with E-state index in [2.05, 4.69) is 154 Å². The maximum atomic E-state index is 12.8. The Labute approximate surface area is 462 Å². The minimum atomic E-state index is -0.792. The Morgan fingerprint density at radius 1 is 0.280 bits per heavy atom. The van der Waals surface area contributed by atoms with Gasteiger partial charge in [0.05, 0.1) is 0 Å². The zero-order chi connectivity index (χ0) is 54.3. The van der Waals surface area contributed by atoms with Crippen molar-refractivity contribution in [2.24, 2.45) is 0 Å². The van der Waals surface area contributed by atoms with Gasteiger partial charge in [0, 0.05) is 19.3 Å². The minimum absolute atomic E-state index is 0.0885. The first-order valence-corrected chi connectivity index (χ1v) is 30.7. The van der Waals surface area contributed by atoms with E-state index >= 15 is 0 Å². The Kier molecular flexibility index (Phi) is 58.4. The van der Waals surface area contributed by atoms with Crippen molar-refractivity contribution >= 4 is 17.9 Å². The monoisotopic (exact) mass is 1040 g/mol. The minimum Gasteiger partial charge on any atom is -0.462 e. The molecule has 0 saturated carbocycles. The molecule has 6 nitrogen and oxygen atoms in total. The van der Waals surface area contributed by atoms with Gasteiger partial charge in [-0.3, -0.25) is 14.4 Å². The predicted octanol–water partition coefficient (Wildman–Crippen LogP) is 21.0. The quantitative estimate of drug-likeness (QED) is 0.0261. The average Bonchev–Trinajstić information content (AvgIpc) is 3.41. The molecule has 0 aromatic carbocycles. The summed E-state index contributed by atoms with van der Waals surface area (Å²) >= 11 is 0. The number of esters is 3. The van der Waals surface area contributed by atoms with Crippen LogP contribution in [0.3, 0.4) is 0 Å². The van der Waals surface area contributed by atoms with Crippen LogP contribution in [-0.4, -0.2) is 37.2 Å². The molecule has 0 aromatic rings. The van der Waals surface area contributed by atoms with Crippen LogP contribution in [-0.2, 0) is 28.6 Å². The van der Waals surface area contributed by atoms with Gasteiger partial charge in [-0.2, -0.15) is 0 Å². The Balaban J connectivity index is 4.27. The molecule has 0 N–H and O–H groups in total. The third-order valence-electron chi connectivity index (χ3n) is 12.7. The Hall–Kier alpha value is -4.45. The van der Waals surface area contributed by atoms with Crippen LogP contribution >= 0.6 is 0 Å². The van der Waals surface area contributed by atoms with E-state index in [-0.39, 0.29) is 31.1 Å².